The first-order chi connectivity index (χ1) is 11.1. The molecule has 1 aliphatic rings. The predicted octanol–water partition coefficient (Wildman–Crippen LogP) is 1.38. The Morgan fingerprint density at radius 2 is 2.13 bits per heavy atom. The highest BCUT2D eigenvalue weighted by molar-refractivity contribution is 8.14. The van der Waals surface area contributed by atoms with Crippen molar-refractivity contribution in [2.45, 2.75) is 6.04 Å². The quantitative estimate of drug-likeness (QED) is 0.655. The zero-order valence-electron chi connectivity index (χ0n) is 12.7. The Bertz CT molecular complexity index is 577. The molecule has 0 fully saturated rings. The Kier molecular flexibility index (Phi) is 6.69. The van der Waals surface area contributed by atoms with Crippen LogP contribution in [-0.2, 0) is 14.3 Å². The summed E-state index contributed by atoms with van der Waals surface area (Å²) in [7, 11) is 1.61. The van der Waals surface area contributed by atoms with E-state index in [0.29, 0.717) is 48.5 Å². The van der Waals surface area contributed by atoms with Crippen molar-refractivity contribution in [3.8, 4) is 11.5 Å². The Hall–Kier alpha value is -1.77. The van der Waals surface area contributed by atoms with Gasteiger partial charge in [0.2, 0.25) is 0 Å². The molecule has 0 bridgehead atoms. The first-order valence-corrected chi connectivity index (χ1v) is 8.06. The predicted molar refractivity (Wildman–Crippen MR) is 86.7 cm³/mol. The van der Waals surface area contributed by atoms with Crippen molar-refractivity contribution in [2.24, 2.45) is 4.99 Å². The van der Waals surface area contributed by atoms with E-state index in [0.717, 1.165) is 0 Å². The first-order valence-electron chi connectivity index (χ1n) is 7.08. The van der Waals surface area contributed by atoms with Crippen LogP contribution in [0, 0.1) is 0 Å². The number of carboxylic acid groups (broad SMARTS) is 1. The standard InChI is InChI=1S/C15H19NO6S/c1-20-4-5-21-6-7-22-10-2-3-11(13(17)8-10)14-16-12(9-23-14)15(18)19/h2-3,8,12,17H,4-7,9H2,1H3,(H,18,19). The molecule has 1 atom stereocenters. The number of benzene rings is 1. The van der Waals surface area contributed by atoms with E-state index in [1.54, 1.807) is 19.2 Å². The molecule has 2 rings (SSSR count). The van der Waals surface area contributed by atoms with Gasteiger partial charge in [0.15, 0.2) is 6.04 Å². The molecular weight excluding hydrogens is 322 g/mol. The fourth-order valence-corrected chi connectivity index (χ4v) is 2.96. The molecule has 0 amide bonds. The maximum Gasteiger partial charge on any atom is 0.329 e. The van der Waals surface area contributed by atoms with E-state index in [2.05, 4.69) is 4.99 Å². The van der Waals surface area contributed by atoms with Gasteiger partial charge in [0.1, 0.15) is 23.1 Å². The van der Waals surface area contributed by atoms with Crippen molar-refractivity contribution >= 4 is 22.8 Å². The zero-order valence-corrected chi connectivity index (χ0v) is 13.5. The van der Waals surface area contributed by atoms with Crippen LogP contribution < -0.4 is 4.74 Å². The molecule has 1 aromatic carbocycles. The number of phenols is 1. The Labute approximate surface area is 138 Å². The van der Waals surface area contributed by atoms with Crippen LogP contribution >= 0.6 is 11.8 Å². The molecule has 2 N–H and O–H groups in total. The van der Waals surface area contributed by atoms with E-state index in [1.165, 1.54) is 17.8 Å². The van der Waals surface area contributed by atoms with Crippen LogP contribution in [0.5, 0.6) is 11.5 Å². The Balaban J connectivity index is 1.88. The van der Waals surface area contributed by atoms with Gasteiger partial charge in [-0.3, -0.25) is 4.99 Å². The second-order valence-corrected chi connectivity index (χ2v) is 5.74. The van der Waals surface area contributed by atoms with Gasteiger partial charge in [0.05, 0.1) is 19.8 Å². The molecule has 126 valence electrons. The van der Waals surface area contributed by atoms with Gasteiger partial charge in [0, 0.05) is 24.5 Å². The highest BCUT2D eigenvalue weighted by Gasteiger charge is 2.26. The third-order valence-corrected chi connectivity index (χ3v) is 4.15. The SMILES string of the molecule is COCCOCCOc1ccc(C2=NC(C(=O)O)CS2)c(O)c1. The second-order valence-electron chi connectivity index (χ2n) is 4.73. The molecule has 0 saturated carbocycles. The smallest absolute Gasteiger partial charge is 0.329 e. The number of methoxy groups -OCH3 is 1. The Morgan fingerprint density at radius 3 is 2.78 bits per heavy atom. The van der Waals surface area contributed by atoms with Crippen molar-refractivity contribution in [2.75, 3.05) is 39.3 Å². The van der Waals surface area contributed by atoms with E-state index >= 15 is 0 Å². The van der Waals surface area contributed by atoms with Crippen molar-refractivity contribution in [1.29, 1.82) is 0 Å². The maximum absolute atomic E-state index is 10.9. The lowest BCUT2D eigenvalue weighted by Gasteiger charge is -2.09. The summed E-state index contributed by atoms with van der Waals surface area (Å²) in [6.07, 6.45) is 0. The van der Waals surface area contributed by atoms with Crippen molar-refractivity contribution in [3.05, 3.63) is 23.8 Å². The number of carboxylic acids is 1. The number of hydrogen-bond donors (Lipinski definition) is 2. The number of aromatic hydroxyl groups is 1. The lowest BCUT2D eigenvalue weighted by Crippen LogP contribution is -2.17. The molecule has 7 nitrogen and oxygen atoms in total. The molecule has 1 aliphatic heterocycles. The number of nitrogens with zero attached hydrogens (tertiary/aromatic N) is 1. The summed E-state index contributed by atoms with van der Waals surface area (Å²) in [6.45, 7) is 1.83. The van der Waals surface area contributed by atoms with Gasteiger partial charge in [-0.25, -0.2) is 4.79 Å². The minimum Gasteiger partial charge on any atom is -0.507 e. The van der Waals surface area contributed by atoms with Crippen LogP contribution in [0.3, 0.4) is 0 Å². The zero-order chi connectivity index (χ0) is 16.7. The number of aliphatic carboxylic acids is 1. The van der Waals surface area contributed by atoms with E-state index in [4.69, 9.17) is 19.3 Å². The summed E-state index contributed by atoms with van der Waals surface area (Å²) in [6, 6.07) is 4.12. The summed E-state index contributed by atoms with van der Waals surface area (Å²) < 4.78 is 15.6. The van der Waals surface area contributed by atoms with Crippen LogP contribution in [0.2, 0.25) is 0 Å². The van der Waals surface area contributed by atoms with Gasteiger partial charge in [-0.05, 0) is 12.1 Å². The van der Waals surface area contributed by atoms with E-state index in [-0.39, 0.29) is 5.75 Å². The molecular formula is C15H19NO6S. The van der Waals surface area contributed by atoms with E-state index in [1.807, 2.05) is 0 Å². The molecule has 1 unspecified atom stereocenters. The number of hydrogen-bond acceptors (Lipinski definition) is 7. The fraction of sp³-hybridized carbons (Fsp3) is 0.467. The number of phenolic OH excluding ortho intramolecular Hbond substituents is 1. The minimum atomic E-state index is -0.958. The van der Waals surface area contributed by atoms with Gasteiger partial charge < -0.3 is 24.4 Å². The molecule has 0 radical (unpaired) electrons. The molecule has 1 aromatic rings. The van der Waals surface area contributed by atoms with Crippen LogP contribution in [0.25, 0.3) is 0 Å². The monoisotopic (exact) mass is 341 g/mol. The number of aliphatic imine (C=N–C) groups is 1. The fourth-order valence-electron chi connectivity index (χ4n) is 1.89. The third kappa shape index (κ3) is 5.12. The largest absolute Gasteiger partial charge is 0.507 e. The van der Waals surface area contributed by atoms with Gasteiger partial charge in [-0.15, -0.1) is 11.8 Å². The average Bonchev–Trinajstić information content (AvgIpc) is 3.01. The van der Waals surface area contributed by atoms with Gasteiger partial charge in [0.25, 0.3) is 0 Å². The molecule has 0 spiro atoms. The third-order valence-electron chi connectivity index (χ3n) is 3.06. The highest BCUT2D eigenvalue weighted by atomic mass is 32.2. The summed E-state index contributed by atoms with van der Waals surface area (Å²) in [4.78, 5) is 15.0. The number of thioether (sulfide) groups is 1. The van der Waals surface area contributed by atoms with Crippen LogP contribution in [0.15, 0.2) is 23.2 Å². The van der Waals surface area contributed by atoms with Gasteiger partial charge in [-0.1, -0.05) is 0 Å². The molecule has 0 saturated heterocycles. The van der Waals surface area contributed by atoms with E-state index in [9.17, 15) is 9.90 Å². The van der Waals surface area contributed by atoms with Gasteiger partial charge in [-0.2, -0.15) is 0 Å². The summed E-state index contributed by atoms with van der Waals surface area (Å²) in [5.74, 6) is -0.0539. The first kappa shape index (κ1) is 17.6. The van der Waals surface area contributed by atoms with Crippen LogP contribution in [0.4, 0.5) is 0 Å². The molecule has 0 aliphatic carbocycles. The normalized spacial score (nSPS) is 17.1. The minimum absolute atomic E-state index is 0.0140. The van der Waals surface area contributed by atoms with Crippen molar-refractivity contribution in [3.63, 3.8) is 0 Å². The number of ether oxygens (including phenoxy) is 3. The maximum atomic E-state index is 10.9. The average molecular weight is 341 g/mol. The van der Waals surface area contributed by atoms with E-state index < -0.39 is 12.0 Å². The molecule has 1 heterocycles. The van der Waals surface area contributed by atoms with Gasteiger partial charge >= 0.3 is 5.97 Å². The summed E-state index contributed by atoms with van der Waals surface area (Å²) >= 11 is 1.32. The lowest BCUT2D eigenvalue weighted by molar-refractivity contribution is -0.137. The Morgan fingerprint density at radius 1 is 1.35 bits per heavy atom. The van der Waals surface area contributed by atoms with Crippen molar-refractivity contribution in [1.82, 2.24) is 0 Å². The summed E-state index contributed by atoms with van der Waals surface area (Å²) in [5, 5.41) is 19.6. The molecule has 0 aromatic heterocycles. The molecule has 23 heavy (non-hydrogen) atoms. The molecule has 8 heteroatoms. The second kappa shape index (κ2) is 8.76. The summed E-state index contributed by atoms with van der Waals surface area (Å²) in [5.41, 5.74) is 0.516. The number of rotatable bonds is 9. The van der Waals surface area contributed by atoms with Crippen LogP contribution in [-0.4, -0.2) is 66.6 Å². The van der Waals surface area contributed by atoms with Crippen molar-refractivity contribution < 1.29 is 29.2 Å². The highest BCUT2D eigenvalue weighted by Crippen LogP contribution is 2.31. The number of carbonyl (C=O) groups is 1. The van der Waals surface area contributed by atoms with Crippen LogP contribution in [0.1, 0.15) is 5.56 Å². The topological polar surface area (TPSA) is 97.6 Å². The lowest BCUT2D eigenvalue weighted by atomic mass is 10.2.